The van der Waals surface area contributed by atoms with Crippen LogP contribution in [0.15, 0.2) is 47.3 Å². The molecule has 3 aromatic rings. The average molecular weight is 343 g/mol. The molecule has 0 saturated carbocycles. The summed E-state index contributed by atoms with van der Waals surface area (Å²) < 4.78 is 2.53. The third kappa shape index (κ3) is 2.62. The molecule has 0 unspecified atom stereocenters. The van der Waals surface area contributed by atoms with Crippen LogP contribution in [0.2, 0.25) is 0 Å². The number of carbonyl (C=O) groups is 1. The Labute approximate surface area is 129 Å². The summed E-state index contributed by atoms with van der Waals surface area (Å²) in [4.78, 5) is 19.6. The van der Waals surface area contributed by atoms with E-state index in [4.69, 9.17) is 0 Å². The summed E-state index contributed by atoms with van der Waals surface area (Å²) in [5.74, 6) is 0.431. The van der Waals surface area contributed by atoms with Crippen LogP contribution in [0.25, 0.3) is 17.2 Å². The van der Waals surface area contributed by atoms with Crippen molar-refractivity contribution >= 4 is 22.2 Å². The fraction of sp³-hybridized carbons (Fsp3) is 0.0667. The maximum atomic E-state index is 11.3. The smallest absolute Gasteiger partial charge is 0.250 e. The summed E-state index contributed by atoms with van der Waals surface area (Å²) in [6.45, 7) is 1.99. The molecule has 0 aliphatic heterocycles. The zero-order valence-corrected chi connectivity index (χ0v) is 12.8. The second kappa shape index (κ2) is 5.57. The van der Waals surface area contributed by atoms with Gasteiger partial charge in [-0.3, -0.25) is 4.79 Å². The fourth-order valence-electron chi connectivity index (χ4n) is 2.00. The van der Waals surface area contributed by atoms with E-state index in [2.05, 4.69) is 31.0 Å². The first-order chi connectivity index (χ1) is 10.2. The Kier molecular flexibility index (Phi) is 3.62. The van der Waals surface area contributed by atoms with Crippen LogP contribution in [-0.4, -0.2) is 26.0 Å². The average Bonchev–Trinajstić information content (AvgIpc) is 2.95. The SMILES string of the molecule is Cc1cc(-c2nn(-c3ncccn3)cc2C=O)ccc1Br. The Bertz CT molecular complexity index is 799. The van der Waals surface area contributed by atoms with Crippen molar-refractivity contribution in [3.63, 3.8) is 0 Å². The first kappa shape index (κ1) is 13.6. The number of aldehydes is 1. The Morgan fingerprint density at radius 2 is 2.00 bits per heavy atom. The molecule has 5 nitrogen and oxygen atoms in total. The monoisotopic (exact) mass is 342 g/mol. The molecule has 6 heteroatoms. The van der Waals surface area contributed by atoms with Gasteiger partial charge in [0.25, 0.3) is 0 Å². The van der Waals surface area contributed by atoms with E-state index in [1.807, 2.05) is 25.1 Å². The van der Waals surface area contributed by atoms with Crippen molar-refractivity contribution < 1.29 is 4.79 Å². The standard InChI is InChI=1S/C15H11BrN4O/c1-10-7-11(3-4-13(10)16)14-12(9-21)8-20(19-14)15-17-5-2-6-18-15/h2-9H,1H3. The highest BCUT2D eigenvalue weighted by Crippen LogP contribution is 2.26. The summed E-state index contributed by atoms with van der Waals surface area (Å²) in [6, 6.07) is 7.57. The molecule has 1 aromatic carbocycles. The van der Waals surface area contributed by atoms with Crippen LogP contribution in [0.3, 0.4) is 0 Å². The van der Waals surface area contributed by atoms with E-state index in [0.717, 1.165) is 21.9 Å². The molecule has 0 aliphatic rings. The van der Waals surface area contributed by atoms with Gasteiger partial charge in [-0.05, 0) is 30.7 Å². The number of hydrogen-bond acceptors (Lipinski definition) is 4. The lowest BCUT2D eigenvalue weighted by Gasteiger charge is -2.02. The van der Waals surface area contributed by atoms with Gasteiger partial charge in [0.1, 0.15) is 5.69 Å². The van der Waals surface area contributed by atoms with Gasteiger partial charge in [-0.1, -0.05) is 22.0 Å². The first-order valence-corrected chi connectivity index (χ1v) is 7.07. The minimum absolute atomic E-state index is 0.431. The van der Waals surface area contributed by atoms with Crippen molar-refractivity contribution in [2.24, 2.45) is 0 Å². The number of halogens is 1. The van der Waals surface area contributed by atoms with Crippen molar-refractivity contribution in [2.45, 2.75) is 6.92 Å². The number of aromatic nitrogens is 4. The van der Waals surface area contributed by atoms with Crippen molar-refractivity contribution in [2.75, 3.05) is 0 Å². The highest BCUT2D eigenvalue weighted by Gasteiger charge is 2.13. The highest BCUT2D eigenvalue weighted by atomic mass is 79.9. The first-order valence-electron chi connectivity index (χ1n) is 6.28. The Hall–Kier alpha value is -2.34. The number of aryl methyl sites for hydroxylation is 1. The minimum Gasteiger partial charge on any atom is -0.298 e. The van der Waals surface area contributed by atoms with Gasteiger partial charge in [0.15, 0.2) is 6.29 Å². The van der Waals surface area contributed by atoms with Gasteiger partial charge in [0.05, 0.1) is 5.56 Å². The molecule has 2 aromatic heterocycles. The van der Waals surface area contributed by atoms with E-state index in [9.17, 15) is 4.79 Å². The lowest BCUT2D eigenvalue weighted by Crippen LogP contribution is -2.00. The van der Waals surface area contributed by atoms with Gasteiger partial charge in [-0.2, -0.15) is 5.10 Å². The van der Waals surface area contributed by atoms with E-state index in [0.29, 0.717) is 17.2 Å². The predicted octanol–water partition coefficient (Wildman–Crippen LogP) is 3.21. The quantitative estimate of drug-likeness (QED) is 0.685. The minimum atomic E-state index is 0.431. The molecule has 21 heavy (non-hydrogen) atoms. The van der Waals surface area contributed by atoms with Crippen molar-refractivity contribution in [3.05, 3.63) is 58.5 Å². The Morgan fingerprint density at radius 1 is 1.24 bits per heavy atom. The van der Waals surface area contributed by atoms with Crippen LogP contribution >= 0.6 is 15.9 Å². The van der Waals surface area contributed by atoms with Gasteiger partial charge in [-0.15, -0.1) is 0 Å². The Morgan fingerprint density at radius 3 is 2.67 bits per heavy atom. The molecule has 0 fully saturated rings. The summed E-state index contributed by atoms with van der Waals surface area (Å²) in [6.07, 6.45) is 5.69. The number of hydrogen-bond donors (Lipinski definition) is 0. The van der Waals surface area contributed by atoms with E-state index in [1.165, 1.54) is 4.68 Å². The summed E-state index contributed by atoms with van der Waals surface area (Å²) in [7, 11) is 0. The van der Waals surface area contributed by atoms with Crippen molar-refractivity contribution in [1.29, 1.82) is 0 Å². The molecule has 0 amide bonds. The summed E-state index contributed by atoms with van der Waals surface area (Å²) >= 11 is 3.46. The summed E-state index contributed by atoms with van der Waals surface area (Å²) in [5, 5.41) is 4.44. The molecule has 2 heterocycles. The molecule has 3 rings (SSSR count). The molecule has 0 bridgehead atoms. The van der Waals surface area contributed by atoms with Crippen molar-refractivity contribution in [3.8, 4) is 17.2 Å². The van der Waals surface area contributed by atoms with Crippen LogP contribution < -0.4 is 0 Å². The van der Waals surface area contributed by atoms with Gasteiger partial charge in [-0.25, -0.2) is 14.6 Å². The number of carbonyl (C=O) groups excluding carboxylic acids is 1. The van der Waals surface area contributed by atoms with Gasteiger partial charge < -0.3 is 0 Å². The van der Waals surface area contributed by atoms with E-state index in [-0.39, 0.29) is 0 Å². The topological polar surface area (TPSA) is 60.7 Å². The zero-order valence-electron chi connectivity index (χ0n) is 11.2. The zero-order chi connectivity index (χ0) is 14.8. The summed E-state index contributed by atoms with van der Waals surface area (Å²) in [5.41, 5.74) is 3.08. The molecule has 0 N–H and O–H groups in total. The molecular weight excluding hydrogens is 332 g/mol. The van der Waals surface area contributed by atoms with E-state index in [1.54, 1.807) is 24.7 Å². The number of benzene rings is 1. The highest BCUT2D eigenvalue weighted by molar-refractivity contribution is 9.10. The number of nitrogens with zero attached hydrogens (tertiary/aromatic N) is 4. The fourth-order valence-corrected chi connectivity index (χ4v) is 2.25. The second-order valence-electron chi connectivity index (χ2n) is 4.51. The lowest BCUT2D eigenvalue weighted by molar-refractivity contribution is 0.112. The van der Waals surface area contributed by atoms with Gasteiger partial charge in [0.2, 0.25) is 5.95 Å². The van der Waals surface area contributed by atoms with Crippen LogP contribution in [-0.2, 0) is 0 Å². The number of rotatable bonds is 3. The van der Waals surface area contributed by atoms with E-state index >= 15 is 0 Å². The molecule has 0 spiro atoms. The normalized spacial score (nSPS) is 10.6. The molecule has 0 aliphatic carbocycles. The van der Waals surface area contributed by atoms with Crippen LogP contribution in [0.1, 0.15) is 15.9 Å². The largest absolute Gasteiger partial charge is 0.298 e. The maximum Gasteiger partial charge on any atom is 0.250 e. The molecule has 104 valence electrons. The van der Waals surface area contributed by atoms with Gasteiger partial charge in [0, 0.05) is 28.6 Å². The third-order valence-electron chi connectivity index (χ3n) is 3.06. The van der Waals surface area contributed by atoms with Crippen LogP contribution in [0.4, 0.5) is 0 Å². The second-order valence-corrected chi connectivity index (χ2v) is 5.36. The van der Waals surface area contributed by atoms with Gasteiger partial charge >= 0.3 is 0 Å². The molecule has 0 radical (unpaired) electrons. The Balaban J connectivity index is 2.12. The molecule has 0 saturated heterocycles. The molecule has 0 atom stereocenters. The van der Waals surface area contributed by atoms with Crippen LogP contribution in [0.5, 0.6) is 0 Å². The lowest BCUT2D eigenvalue weighted by atomic mass is 10.1. The maximum absolute atomic E-state index is 11.3. The van der Waals surface area contributed by atoms with Crippen LogP contribution in [0, 0.1) is 6.92 Å². The third-order valence-corrected chi connectivity index (χ3v) is 3.95. The molecular formula is C15H11BrN4O. The predicted molar refractivity (Wildman–Crippen MR) is 82.4 cm³/mol. The van der Waals surface area contributed by atoms with Crippen molar-refractivity contribution in [1.82, 2.24) is 19.7 Å². The van der Waals surface area contributed by atoms with E-state index < -0.39 is 0 Å².